The van der Waals surface area contributed by atoms with Gasteiger partial charge in [0.2, 0.25) is 0 Å². The highest BCUT2D eigenvalue weighted by Gasteiger charge is 2.13. The van der Waals surface area contributed by atoms with Gasteiger partial charge < -0.3 is 10.5 Å². The molecule has 0 radical (unpaired) electrons. The number of aryl methyl sites for hydroxylation is 1. The molecule has 100 valence electrons. The number of hydrogen-bond donors (Lipinski definition) is 1. The van der Waals surface area contributed by atoms with Crippen molar-refractivity contribution < 1.29 is 4.74 Å². The average Bonchev–Trinajstić information content (AvgIpc) is 2.41. The number of hydrogen-bond acceptors (Lipinski definition) is 4. The fourth-order valence-electron chi connectivity index (χ4n) is 1.73. The highest BCUT2D eigenvalue weighted by molar-refractivity contribution is 6.32. The van der Waals surface area contributed by atoms with Gasteiger partial charge >= 0.3 is 0 Å². The third-order valence-electron chi connectivity index (χ3n) is 2.83. The molecule has 2 N–H and O–H groups in total. The molecular formula is C13H14ClN3O2. The van der Waals surface area contributed by atoms with Gasteiger partial charge in [-0.3, -0.25) is 4.79 Å². The van der Waals surface area contributed by atoms with Gasteiger partial charge in [-0.15, -0.1) is 0 Å². The van der Waals surface area contributed by atoms with Crippen LogP contribution in [0.25, 0.3) is 0 Å². The summed E-state index contributed by atoms with van der Waals surface area (Å²) in [6.07, 6.45) is 0. The molecule has 1 aromatic heterocycles. The molecule has 19 heavy (non-hydrogen) atoms. The standard InChI is InChI=1S/C13H14ClN3O2/c1-17-12(18)6-4-10(16-17)13(15)8-3-5-11(19-2)9(14)7-8/h3-7,13H,15H2,1-2H3. The van der Waals surface area contributed by atoms with Gasteiger partial charge in [0.25, 0.3) is 5.56 Å². The molecule has 0 aliphatic rings. The molecule has 2 aromatic rings. The molecule has 2 rings (SSSR count). The van der Waals surface area contributed by atoms with Gasteiger partial charge in [-0.2, -0.15) is 5.10 Å². The Morgan fingerprint density at radius 1 is 1.37 bits per heavy atom. The molecule has 0 amide bonds. The zero-order chi connectivity index (χ0) is 14.0. The molecule has 5 nitrogen and oxygen atoms in total. The Hall–Kier alpha value is -1.85. The molecule has 0 saturated heterocycles. The van der Waals surface area contributed by atoms with Crippen molar-refractivity contribution in [1.29, 1.82) is 0 Å². The van der Waals surface area contributed by atoms with E-state index in [4.69, 9.17) is 22.1 Å². The van der Waals surface area contributed by atoms with Crippen molar-refractivity contribution in [3.63, 3.8) is 0 Å². The van der Waals surface area contributed by atoms with Crippen LogP contribution in [0.4, 0.5) is 0 Å². The Morgan fingerprint density at radius 2 is 2.11 bits per heavy atom. The Kier molecular flexibility index (Phi) is 3.87. The van der Waals surface area contributed by atoms with Crippen LogP contribution in [0, 0.1) is 0 Å². The van der Waals surface area contributed by atoms with E-state index in [-0.39, 0.29) is 5.56 Å². The van der Waals surface area contributed by atoms with Crippen LogP contribution < -0.4 is 16.0 Å². The van der Waals surface area contributed by atoms with Crippen molar-refractivity contribution in [2.75, 3.05) is 7.11 Å². The molecule has 1 heterocycles. The lowest BCUT2D eigenvalue weighted by Gasteiger charge is -2.13. The summed E-state index contributed by atoms with van der Waals surface area (Å²) in [5.74, 6) is 0.589. The number of halogens is 1. The molecule has 0 aliphatic carbocycles. The van der Waals surface area contributed by atoms with Crippen LogP contribution in [-0.2, 0) is 7.05 Å². The number of benzene rings is 1. The molecule has 0 spiro atoms. The second-order valence-corrected chi connectivity index (χ2v) is 4.50. The minimum Gasteiger partial charge on any atom is -0.495 e. The lowest BCUT2D eigenvalue weighted by molar-refractivity contribution is 0.415. The second-order valence-electron chi connectivity index (χ2n) is 4.09. The predicted molar refractivity (Wildman–Crippen MR) is 73.5 cm³/mol. The highest BCUT2D eigenvalue weighted by Crippen LogP contribution is 2.28. The Labute approximate surface area is 115 Å². The summed E-state index contributed by atoms with van der Waals surface area (Å²) in [6.45, 7) is 0. The van der Waals surface area contributed by atoms with Crippen LogP contribution in [0.2, 0.25) is 5.02 Å². The van der Waals surface area contributed by atoms with Crippen molar-refractivity contribution in [2.45, 2.75) is 6.04 Å². The topological polar surface area (TPSA) is 70.1 Å². The lowest BCUT2D eigenvalue weighted by atomic mass is 10.0. The molecule has 1 atom stereocenters. The summed E-state index contributed by atoms with van der Waals surface area (Å²) in [7, 11) is 3.13. The lowest BCUT2D eigenvalue weighted by Crippen LogP contribution is -2.23. The fourth-order valence-corrected chi connectivity index (χ4v) is 2.00. The number of nitrogens with two attached hydrogens (primary N) is 1. The van der Waals surface area contributed by atoms with Crippen LogP contribution in [0.15, 0.2) is 35.1 Å². The maximum atomic E-state index is 11.3. The summed E-state index contributed by atoms with van der Waals surface area (Å²) in [5, 5.41) is 4.61. The smallest absolute Gasteiger partial charge is 0.266 e. The van der Waals surface area contributed by atoms with Crippen LogP contribution in [0.3, 0.4) is 0 Å². The molecule has 0 fully saturated rings. The van der Waals surface area contributed by atoms with Crippen molar-refractivity contribution in [1.82, 2.24) is 9.78 Å². The summed E-state index contributed by atoms with van der Waals surface area (Å²) < 4.78 is 6.34. The maximum absolute atomic E-state index is 11.3. The molecule has 1 aromatic carbocycles. The minimum atomic E-state index is -0.449. The maximum Gasteiger partial charge on any atom is 0.266 e. The summed E-state index contributed by atoms with van der Waals surface area (Å²) >= 11 is 6.06. The Balaban J connectivity index is 2.38. The first-order valence-electron chi connectivity index (χ1n) is 5.66. The SMILES string of the molecule is COc1ccc(C(N)c2ccc(=O)n(C)n2)cc1Cl. The van der Waals surface area contributed by atoms with Gasteiger partial charge in [0.05, 0.1) is 23.9 Å². The predicted octanol–water partition coefficient (Wildman–Crippen LogP) is 1.49. The van der Waals surface area contributed by atoms with Gasteiger partial charge in [-0.05, 0) is 23.8 Å². The molecule has 0 bridgehead atoms. The third-order valence-corrected chi connectivity index (χ3v) is 3.13. The molecule has 6 heteroatoms. The van der Waals surface area contributed by atoms with Crippen LogP contribution in [0.5, 0.6) is 5.75 Å². The average molecular weight is 280 g/mol. The van der Waals surface area contributed by atoms with Gasteiger partial charge in [0.1, 0.15) is 5.75 Å². The number of aromatic nitrogens is 2. The van der Waals surface area contributed by atoms with Crippen molar-refractivity contribution >= 4 is 11.6 Å². The molecule has 1 unspecified atom stereocenters. The first-order chi connectivity index (χ1) is 9.02. The van der Waals surface area contributed by atoms with Gasteiger partial charge in [0, 0.05) is 13.1 Å². The van der Waals surface area contributed by atoms with E-state index in [0.29, 0.717) is 16.5 Å². The number of nitrogens with zero attached hydrogens (tertiary/aromatic N) is 2. The van der Waals surface area contributed by atoms with E-state index in [0.717, 1.165) is 5.56 Å². The van der Waals surface area contributed by atoms with Gasteiger partial charge in [-0.1, -0.05) is 17.7 Å². The van der Waals surface area contributed by atoms with Crippen LogP contribution >= 0.6 is 11.6 Å². The van der Waals surface area contributed by atoms with Gasteiger partial charge in [-0.25, -0.2) is 4.68 Å². The van der Waals surface area contributed by atoms with Crippen molar-refractivity contribution in [2.24, 2.45) is 12.8 Å². The Bertz CT molecular complexity index is 655. The van der Waals surface area contributed by atoms with E-state index in [9.17, 15) is 4.79 Å². The second kappa shape index (κ2) is 5.42. The zero-order valence-corrected chi connectivity index (χ0v) is 11.4. The number of rotatable bonds is 3. The molecule has 0 saturated carbocycles. The monoisotopic (exact) mass is 279 g/mol. The van der Waals surface area contributed by atoms with E-state index in [1.165, 1.54) is 10.7 Å². The third kappa shape index (κ3) is 2.77. The summed E-state index contributed by atoms with van der Waals surface area (Å²) in [6, 6.07) is 7.91. The Morgan fingerprint density at radius 3 is 2.68 bits per heavy atom. The van der Waals surface area contributed by atoms with E-state index >= 15 is 0 Å². The summed E-state index contributed by atoms with van der Waals surface area (Å²) in [5.41, 5.74) is 7.34. The molecular weight excluding hydrogens is 266 g/mol. The van der Waals surface area contributed by atoms with E-state index in [1.54, 1.807) is 32.4 Å². The first kappa shape index (κ1) is 13.6. The minimum absolute atomic E-state index is 0.177. The van der Waals surface area contributed by atoms with E-state index < -0.39 is 6.04 Å². The van der Waals surface area contributed by atoms with Crippen LogP contribution in [0.1, 0.15) is 17.3 Å². The highest BCUT2D eigenvalue weighted by atomic mass is 35.5. The normalized spacial score (nSPS) is 12.2. The fraction of sp³-hybridized carbons (Fsp3) is 0.231. The number of methoxy groups -OCH3 is 1. The molecule has 0 aliphatic heterocycles. The number of ether oxygens (including phenoxy) is 1. The largest absolute Gasteiger partial charge is 0.495 e. The van der Waals surface area contributed by atoms with Crippen LogP contribution in [-0.4, -0.2) is 16.9 Å². The zero-order valence-electron chi connectivity index (χ0n) is 10.6. The van der Waals surface area contributed by atoms with Gasteiger partial charge in [0.15, 0.2) is 0 Å². The van der Waals surface area contributed by atoms with Crippen molar-refractivity contribution in [3.05, 3.63) is 57.0 Å². The van der Waals surface area contributed by atoms with Crippen molar-refractivity contribution in [3.8, 4) is 5.75 Å². The van der Waals surface area contributed by atoms with E-state index in [1.807, 2.05) is 6.07 Å². The quantitative estimate of drug-likeness (QED) is 0.924. The first-order valence-corrected chi connectivity index (χ1v) is 6.04. The van der Waals surface area contributed by atoms with E-state index in [2.05, 4.69) is 5.10 Å². The summed E-state index contributed by atoms with van der Waals surface area (Å²) in [4.78, 5) is 11.3.